The van der Waals surface area contributed by atoms with Gasteiger partial charge in [0.15, 0.2) is 0 Å². The molecular formula is C2H3K3O10S2. The fraction of sp³-hybridized carbons (Fsp3) is 0.500. The van der Waals surface area contributed by atoms with Crippen LogP contribution in [-0.4, -0.2) is 31.9 Å². The molecule has 0 aliphatic rings. The molecule has 0 radical (unpaired) electrons. The topological polar surface area (TPSA) is 173 Å². The van der Waals surface area contributed by atoms with Gasteiger partial charge in [0, 0.05) is 5.97 Å². The van der Waals surface area contributed by atoms with E-state index in [2.05, 4.69) is 8.67 Å². The first-order chi connectivity index (χ1) is 5.94. The van der Waals surface area contributed by atoms with Crippen LogP contribution in [0, 0.1) is 0 Å². The largest absolute Gasteiger partial charge is 1.00 e. The smallest absolute Gasteiger partial charge is 0.724 e. The Hall–Kier alpha value is 4.12. The van der Waals surface area contributed by atoms with Crippen LogP contribution in [0.3, 0.4) is 0 Å². The summed E-state index contributed by atoms with van der Waals surface area (Å²) in [6.45, 7) is 0.972. The number of rotatable bonds is 3. The van der Waals surface area contributed by atoms with Gasteiger partial charge in [-0.15, -0.1) is 8.67 Å². The van der Waals surface area contributed by atoms with E-state index in [0.717, 1.165) is 6.92 Å². The number of hydrogen-bond acceptors (Lipinski definition) is 10. The van der Waals surface area contributed by atoms with E-state index in [9.17, 15) is 25.9 Å². The fourth-order valence-corrected chi connectivity index (χ4v) is 0.612. The van der Waals surface area contributed by atoms with Gasteiger partial charge in [-0.25, -0.2) is 16.8 Å². The molecule has 0 aromatic rings. The van der Waals surface area contributed by atoms with E-state index >= 15 is 0 Å². The van der Waals surface area contributed by atoms with Gasteiger partial charge in [0.05, 0.1) is 0 Å². The molecule has 0 spiro atoms. The summed E-state index contributed by atoms with van der Waals surface area (Å²) in [5, 5.41) is 8.89. The summed E-state index contributed by atoms with van der Waals surface area (Å²) in [5.74, 6) is -1.08. The van der Waals surface area contributed by atoms with Gasteiger partial charge in [-0.3, -0.25) is 0 Å². The van der Waals surface area contributed by atoms with Gasteiger partial charge < -0.3 is 19.0 Å². The average molecular weight is 368 g/mol. The van der Waals surface area contributed by atoms with E-state index in [1.165, 1.54) is 0 Å². The number of carbonyl (C=O) groups excluding carboxylic acids is 1. The molecule has 0 rings (SSSR count). The van der Waals surface area contributed by atoms with Gasteiger partial charge in [-0.1, -0.05) is 0 Å². The normalized spacial score (nSPS) is 9.35. The van der Waals surface area contributed by atoms with E-state index < -0.39 is 26.8 Å². The van der Waals surface area contributed by atoms with E-state index in [4.69, 9.17) is 9.90 Å². The Labute approximate surface area is 226 Å². The van der Waals surface area contributed by atoms with Crippen molar-refractivity contribution in [2.45, 2.75) is 6.92 Å². The second kappa shape index (κ2) is 16.5. The van der Waals surface area contributed by atoms with E-state index in [1.54, 1.807) is 0 Å². The minimum absolute atomic E-state index is 0. The van der Waals surface area contributed by atoms with Crippen molar-refractivity contribution in [2.75, 3.05) is 0 Å². The molecule has 0 aliphatic carbocycles. The third kappa shape index (κ3) is 53.4. The predicted octanol–water partition coefficient (Wildman–Crippen LogP) is -12.4. The fourth-order valence-electron chi connectivity index (χ4n) is 0.0680. The minimum Gasteiger partial charge on any atom is -0.724 e. The Kier molecular flexibility index (Phi) is 31.9. The van der Waals surface area contributed by atoms with Crippen molar-refractivity contribution in [3.05, 3.63) is 0 Å². The summed E-state index contributed by atoms with van der Waals surface area (Å²) in [6.07, 6.45) is 0. The first-order valence-electron chi connectivity index (χ1n) is 2.41. The Morgan fingerprint density at radius 1 is 0.882 bits per heavy atom. The van der Waals surface area contributed by atoms with Crippen LogP contribution in [0.2, 0.25) is 0 Å². The van der Waals surface area contributed by atoms with E-state index in [-0.39, 0.29) is 154 Å². The van der Waals surface area contributed by atoms with Crippen LogP contribution in [0.4, 0.5) is 0 Å². The molecule has 86 valence electrons. The summed E-state index contributed by atoms with van der Waals surface area (Å²) < 4.78 is 61.5. The number of carboxylic acids is 1. The van der Waals surface area contributed by atoms with Crippen molar-refractivity contribution in [1.29, 1.82) is 0 Å². The molecule has 0 unspecified atom stereocenters. The molecule has 0 bridgehead atoms. The SMILES string of the molecule is CC(=O)[O-].O=S(=O)([O-])OOS(=O)(=O)[O-].[K+].[K+].[K+]. The van der Waals surface area contributed by atoms with Gasteiger partial charge >= 0.3 is 154 Å². The summed E-state index contributed by atoms with van der Waals surface area (Å²) in [4.78, 5) is 8.89. The van der Waals surface area contributed by atoms with Crippen LogP contribution >= 0.6 is 0 Å². The Morgan fingerprint density at radius 2 is 1.00 bits per heavy atom. The van der Waals surface area contributed by atoms with E-state index in [1.807, 2.05) is 0 Å². The van der Waals surface area contributed by atoms with Crippen LogP contribution in [0.5, 0.6) is 0 Å². The molecule has 0 aliphatic heterocycles. The molecule has 0 heterocycles. The monoisotopic (exact) mass is 368 g/mol. The number of carbonyl (C=O) groups is 1. The molecule has 0 saturated carbocycles. The molecular weight excluding hydrogens is 365 g/mol. The summed E-state index contributed by atoms with van der Waals surface area (Å²) in [5.41, 5.74) is 0. The zero-order valence-electron chi connectivity index (χ0n) is 9.40. The summed E-state index contributed by atoms with van der Waals surface area (Å²) in [6, 6.07) is 0. The number of carboxylic acid groups (broad SMARTS) is 1. The van der Waals surface area contributed by atoms with Crippen molar-refractivity contribution in [2.24, 2.45) is 0 Å². The molecule has 0 N–H and O–H groups in total. The van der Waals surface area contributed by atoms with Crippen molar-refractivity contribution >= 4 is 26.8 Å². The van der Waals surface area contributed by atoms with Crippen molar-refractivity contribution in [3.63, 3.8) is 0 Å². The zero-order chi connectivity index (χ0) is 12.0. The quantitative estimate of drug-likeness (QED) is 0.153. The molecule has 0 saturated heterocycles. The van der Waals surface area contributed by atoms with Gasteiger partial charge in [-0.2, -0.15) is 0 Å². The second-order valence-corrected chi connectivity index (χ2v) is 3.35. The van der Waals surface area contributed by atoms with Gasteiger partial charge in [0.2, 0.25) is 20.8 Å². The summed E-state index contributed by atoms with van der Waals surface area (Å²) >= 11 is 0. The van der Waals surface area contributed by atoms with Crippen LogP contribution in [-0.2, 0) is 34.3 Å². The van der Waals surface area contributed by atoms with Gasteiger partial charge in [0.25, 0.3) is 0 Å². The Morgan fingerprint density at radius 3 is 1.06 bits per heavy atom. The zero-order valence-corrected chi connectivity index (χ0v) is 20.4. The molecule has 17 heavy (non-hydrogen) atoms. The van der Waals surface area contributed by atoms with Crippen molar-refractivity contribution in [3.8, 4) is 0 Å². The maximum Gasteiger partial charge on any atom is 1.00 e. The third-order valence-corrected chi connectivity index (χ3v) is 0.750. The third-order valence-electron chi connectivity index (χ3n) is 0.194. The Bertz CT molecular complexity index is 334. The molecule has 0 atom stereocenters. The molecule has 10 nitrogen and oxygen atoms in total. The summed E-state index contributed by atoms with van der Waals surface area (Å²) in [7, 11) is -10.6. The molecule has 0 aromatic heterocycles. The molecule has 0 aromatic carbocycles. The maximum absolute atomic E-state index is 9.37. The number of aliphatic carboxylic acids is 1. The first kappa shape index (κ1) is 32.9. The maximum atomic E-state index is 9.37. The van der Waals surface area contributed by atoms with Crippen LogP contribution in [0.25, 0.3) is 0 Å². The molecule has 0 fully saturated rings. The Balaban J connectivity index is -0.0000000607. The molecule has 0 amide bonds. The minimum atomic E-state index is -5.31. The second-order valence-electron chi connectivity index (χ2n) is 1.44. The standard InChI is InChI=1S/C2H4O2.3K.H2O8S2/c1-2(3)4;;;;1-9(2,3)7-8-10(4,5)6/h1H3,(H,3,4);;;;(H,1,2,3)(H,4,5,6)/q;3*+1;/p-3. The van der Waals surface area contributed by atoms with Gasteiger partial charge in [0.1, 0.15) is 0 Å². The van der Waals surface area contributed by atoms with Gasteiger partial charge in [-0.05, 0) is 6.92 Å². The molecule has 15 heteroatoms. The van der Waals surface area contributed by atoms with Crippen LogP contribution in [0.1, 0.15) is 6.92 Å². The van der Waals surface area contributed by atoms with Crippen LogP contribution < -0.4 is 159 Å². The number of hydrogen-bond donors (Lipinski definition) is 0. The average Bonchev–Trinajstić information content (AvgIpc) is 1.79. The van der Waals surface area contributed by atoms with Crippen LogP contribution in [0.15, 0.2) is 0 Å². The predicted molar refractivity (Wildman–Crippen MR) is 32.2 cm³/mol. The first-order valence-corrected chi connectivity index (χ1v) is 5.07. The van der Waals surface area contributed by atoms with Crippen molar-refractivity contribution < 1.29 is 199 Å². The van der Waals surface area contributed by atoms with Crippen molar-refractivity contribution in [1.82, 2.24) is 0 Å². The van der Waals surface area contributed by atoms with E-state index in [0.29, 0.717) is 0 Å².